The second kappa shape index (κ2) is 12.4. The molecule has 0 bridgehead atoms. The van der Waals surface area contributed by atoms with E-state index in [1.165, 1.54) is 21.3 Å². The Morgan fingerprint density at radius 1 is 1.09 bits per heavy atom. The summed E-state index contributed by atoms with van der Waals surface area (Å²) in [6.45, 7) is 7.27. The van der Waals surface area contributed by atoms with Crippen molar-refractivity contribution in [1.29, 1.82) is 0 Å². The lowest BCUT2D eigenvalue weighted by Gasteiger charge is -2.30. The van der Waals surface area contributed by atoms with Crippen LogP contribution in [0.2, 0.25) is 5.02 Å². The van der Waals surface area contributed by atoms with Crippen molar-refractivity contribution < 1.29 is 22.4 Å². The zero-order valence-corrected chi connectivity index (χ0v) is 22.3. The van der Waals surface area contributed by atoms with Crippen LogP contribution in [0, 0.1) is 12.7 Å². The molecule has 0 spiro atoms. The van der Waals surface area contributed by atoms with E-state index in [9.17, 15) is 22.4 Å². The van der Waals surface area contributed by atoms with E-state index in [2.05, 4.69) is 5.32 Å². The van der Waals surface area contributed by atoms with Crippen molar-refractivity contribution in [3.8, 4) is 0 Å². The van der Waals surface area contributed by atoms with Gasteiger partial charge in [-0.05, 0) is 69.5 Å². The zero-order valence-electron chi connectivity index (χ0n) is 20.7. The van der Waals surface area contributed by atoms with Crippen molar-refractivity contribution in [3.63, 3.8) is 0 Å². The van der Waals surface area contributed by atoms with Crippen LogP contribution in [0.4, 0.5) is 10.1 Å². The van der Waals surface area contributed by atoms with E-state index in [1.54, 1.807) is 44.2 Å². The van der Waals surface area contributed by atoms with Gasteiger partial charge in [0.1, 0.15) is 11.9 Å². The Morgan fingerprint density at radius 2 is 1.71 bits per heavy atom. The smallest absolute Gasteiger partial charge is 0.242 e. The molecule has 0 aliphatic heterocycles. The molecule has 0 unspecified atom stereocenters. The fourth-order valence-electron chi connectivity index (χ4n) is 3.61. The standard InChI is InChI=1S/C25H33ClFN3O4S/c1-17(2)28-25(32)19(4)29(16-20-9-12-22(27)13-10-20)24(31)7-6-14-30(35(5,33)34)23-15-21(26)11-8-18(23)3/h8-13,15,17,19H,6-7,14,16H2,1-5H3,(H,28,32)/t19-/m0/s1. The lowest BCUT2D eigenvalue weighted by Crippen LogP contribution is -2.49. The first-order valence-electron chi connectivity index (χ1n) is 11.4. The number of aryl methyl sites for hydroxylation is 1. The van der Waals surface area contributed by atoms with Gasteiger partial charge in [0.25, 0.3) is 0 Å². The summed E-state index contributed by atoms with van der Waals surface area (Å²) in [4.78, 5) is 27.3. The SMILES string of the molecule is Cc1ccc(Cl)cc1N(CCCC(=O)N(Cc1ccc(F)cc1)[C@@H](C)C(=O)NC(C)C)S(C)(=O)=O. The number of carbonyl (C=O) groups excluding carboxylic acids is 2. The van der Waals surface area contributed by atoms with E-state index >= 15 is 0 Å². The van der Waals surface area contributed by atoms with Gasteiger partial charge in [0.15, 0.2) is 0 Å². The fraction of sp³-hybridized carbons (Fsp3) is 0.440. The van der Waals surface area contributed by atoms with Crippen molar-refractivity contribution in [3.05, 3.63) is 64.4 Å². The molecule has 0 aromatic heterocycles. The van der Waals surface area contributed by atoms with Gasteiger partial charge in [-0.1, -0.05) is 29.8 Å². The molecule has 35 heavy (non-hydrogen) atoms. The molecule has 10 heteroatoms. The predicted octanol–water partition coefficient (Wildman–Crippen LogP) is 4.28. The van der Waals surface area contributed by atoms with Crippen LogP contribution in [0.5, 0.6) is 0 Å². The third-order valence-corrected chi connectivity index (χ3v) is 6.87. The number of sulfonamides is 1. The number of hydrogen-bond donors (Lipinski definition) is 1. The summed E-state index contributed by atoms with van der Waals surface area (Å²) < 4.78 is 39.5. The van der Waals surface area contributed by atoms with Gasteiger partial charge in [0.05, 0.1) is 11.9 Å². The van der Waals surface area contributed by atoms with Gasteiger partial charge in [0.2, 0.25) is 21.8 Å². The molecule has 0 radical (unpaired) electrons. The highest BCUT2D eigenvalue weighted by molar-refractivity contribution is 7.92. The molecule has 1 N–H and O–H groups in total. The van der Waals surface area contributed by atoms with Gasteiger partial charge in [0, 0.05) is 30.6 Å². The van der Waals surface area contributed by atoms with Gasteiger partial charge >= 0.3 is 0 Å². The highest BCUT2D eigenvalue weighted by atomic mass is 35.5. The normalized spacial score (nSPS) is 12.3. The Bertz CT molecular complexity index is 1140. The Balaban J connectivity index is 2.20. The summed E-state index contributed by atoms with van der Waals surface area (Å²) in [6, 6.07) is 9.86. The molecular weight excluding hydrogens is 493 g/mol. The molecule has 2 aromatic carbocycles. The minimum atomic E-state index is -3.62. The molecule has 0 saturated carbocycles. The van der Waals surface area contributed by atoms with Crippen LogP contribution in [0.15, 0.2) is 42.5 Å². The maximum Gasteiger partial charge on any atom is 0.242 e. The number of amides is 2. The lowest BCUT2D eigenvalue weighted by atomic mass is 10.1. The topological polar surface area (TPSA) is 86.8 Å². The third kappa shape index (κ3) is 8.50. The van der Waals surface area contributed by atoms with Crippen molar-refractivity contribution >= 4 is 39.1 Å². The number of anilines is 1. The number of carbonyl (C=O) groups is 2. The lowest BCUT2D eigenvalue weighted by molar-refractivity contribution is -0.140. The maximum absolute atomic E-state index is 13.3. The number of nitrogens with zero attached hydrogens (tertiary/aromatic N) is 2. The maximum atomic E-state index is 13.3. The number of halogens is 2. The third-order valence-electron chi connectivity index (χ3n) is 5.46. The summed E-state index contributed by atoms with van der Waals surface area (Å²) in [5, 5.41) is 3.22. The highest BCUT2D eigenvalue weighted by Crippen LogP contribution is 2.27. The second-order valence-corrected chi connectivity index (χ2v) is 11.2. The average molecular weight is 526 g/mol. The summed E-state index contributed by atoms with van der Waals surface area (Å²) in [6.07, 6.45) is 1.36. The summed E-state index contributed by atoms with van der Waals surface area (Å²) in [5.41, 5.74) is 1.87. The zero-order chi connectivity index (χ0) is 26.3. The molecule has 2 amide bonds. The van der Waals surface area contributed by atoms with Crippen LogP contribution in [-0.2, 0) is 26.2 Å². The molecule has 0 fully saturated rings. The van der Waals surface area contributed by atoms with Gasteiger partial charge < -0.3 is 10.2 Å². The average Bonchev–Trinajstić information content (AvgIpc) is 2.76. The Hall–Kier alpha value is -2.65. The van der Waals surface area contributed by atoms with Gasteiger partial charge in [-0.2, -0.15) is 0 Å². The molecule has 192 valence electrons. The number of hydrogen-bond acceptors (Lipinski definition) is 4. The summed E-state index contributed by atoms with van der Waals surface area (Å²) >= 11 is 6.08. The number of rotatable bonds is 11. The second-order valence-electron chi connectivity index (χ2n) is 8.86. The molecular formula is C25H33ClFN3O4S. The van der Waals surface area contributed by atoms with Crippen molar-refractivity contribution in [2.24, 2.45) is 0 Å². The first kappa shape index (κ1) is 28.6. The molecule has 2 aromatic rings. The van der Waals surface area contributed by atoms with E-state index in [1.807, 2.05) is 13.8 Å². The molecule has 1 atom stereocenters. The molecule has 0 aliphatic carbocycles. The van der Waals surface area contributed by atoms with Gasteiger partial charge in [-0.15, -0.1) is 0 Å². The summed E-state index contributed by atoms with van der Waals surface area (Å²) in [7, 11) is -3.62. The Labute approximate surface area is 212 Å². The Kier molecular flexibility index (Phi) is 10.1. The van der Waals surface area contributed by atoms with E-state index in [4.69, 9.17) is 11.6 Å². The van der Waals surface area contributed by atoms with Crippen LogP contribution in [-0.4, -0.2) is 50.0 Å². The van der Waals surface area contributed by atoms with Crippen molar-refractivity contribution in [1.82, 2.24) is 10.2 Å². The van der Waals surface area contributed by atoms with Gasteiger partial charge in [-0.25, -0.2) is 12.8 Å². The Morgan fingerprint density at radius 3 is 2.29 bits per heavy atom. The van der Waals surface area contributed by atoms with E-state index in [-0.39, 0.29) is 43.8 Å². The highest BCUT2D eigenvalue weighted by Gasteiger charge is 2.27. The van der Waals surface area contributed by atoms with Crippen LogP contribution in [0.25, 0.3) is 0 Å². The largest absolute Gasteiger partial charge is 0.352 e. The molecule has 0 saturated heterocycles. The number of benzene rings is 2. The summed E-state index contributed by atoms with van der Waals surface area (Å²) in [5.74, 6) is -1.01. The van der Waals surface area contributed by atoms with Crippen molar-refractivity contribution in [2.45, 2.75) is 59.2 Å². The minimum absolute atomic E-state index is 0.0200. The quantitative estimate of drug-likeness (QED) is 0.474. The molecule has 0 heterocycles. The molecule has 7 nitrogen and oxygen atoms in total. The van der Waals surface area contributed by atoms with E-state index in [0.717, 1.165) is 11.8 Å². The van der Waals surface area contributed by atoms with E-state index in [0.29, 0.717) is 16.3 Å². The van der Waals surface area contributed by atoms with Crippen LogP contribution in [0.3, 0.4) is 0 Å². The van der Waals surface area contributed by atoms with Crippen LogP contribution < -0.4 is 9.62 Å². The fourth-order valence-corrected chi connectivity index (χ4v) is 4.79. The predicted molar refractivity (Wildman–Crippen MR) is 137 cm³/mol. The van der Waals surface area contributed by atoms with Crippen LogP contribution >= 0.6 is 11.6 Å². The van der Waals surface area contributed by atoms with E-state index < -0.39 is 21.9 Å². The molecule has 2 rings (SSSR count). The van der Waals surface area contributed by atoms with Crippen molar-refractivity contribution in [2.75, 3.05) is 17.1 Å². The number of nitrogens with one attached hydrogen (secondary N) is 1. The first-order chi connectivity index (χ1) is 16.3. The van der Waals surface area contributed by atoms with Gasteiger partial charge in [-0.3, -0.25) is 13.9 Å². The first-order valence-corrected chi connectivity index (χ1v) is 13.6. The molecule has 0 aliphatic rings. The monoisotopic (exact) mass is 525 g/mol. The minimum Gasteiger partial charge on any atom is -0.352 e. The van der Waals surface area contributed by atoms with Crippen LogP contribution in [0.1, 0.15) is 44.7 Å².